The van der Waals surface area contributed by atoms with E-state index in [9.17, 15) is 4.79 Å². The van der Waals surface area contributed by atoms with E-state index >= 15 is 0 Å². The number of halogens is 1. The van der Waals surface area contributed by atoms with Crippen molar-refractivity contribution in [3.63, 3.8) is 0 Å². The minimum absolute atomic E-state index is 0.0531. The van der Waals surface area contributed by atoms with Gasteiger partial charge in [-0.15, -0.1) is 0 Å². The van der Waals surface area contributed by atoms with E-state index in [4.69, 9.17) is 20.8 Å². The van der Waals surface area contributed by atoms with Crippen molar-refractivity contribution in [1.29, 1.82) is 0 Å². The second kappa shape index (κ2) is 7.75. The lowest BCUT2D eigenvalue weighted by atomic mass is 10.0. The fourth-order valence-corrected chi connectivity index (χ4v) is 3.72. The van der Waals surface area contributed by atoms with Crippen LogP contribution in [-0.2, 0) is 11.2 Å². The number of hydrogen-bond acceptors (Lipinski definition) is 3. The predicted molar refractivity (Wildman–Crippen MR) is 107 cm³/mol. The van der Waals surface area contributed by atoms with E-state index in [2.05, 4.69) is 19.1 Å². The number of hydrogen-bond donors (Lipinski definition) is 0. The third-order valence-corrected chi connectivity index (χ3v) is 5.16. The fraction of sp³-hybridized carbons (Fsp3) is 0.318. The molecule has 5 heteroatoms. The summed E-state index contributed by atoms with van der Waals surface area (Å²) in [5.41, 5.74) is 3.47. The molecular weight excluding hydrogens is 362 g/mol. The van der Waals surface area contributed by atoms with Gasteiger partial charge in [-0.25, -0.2) is 0 Å². The largest absolute Gasteiger partial charge is 0.460 e. The van der Waals surface area contributed by atoms with Gasteiger partial charge in [-0.2, -0.15) is 0 Å². The standard InChI is InChI=1S/C22H22ClNO3/c1-2-3-19-13-18-12-17(14-20(23)21(18)27-19)15-4-6-16(7-5-15)22(25)24-8-10-26-11-9-24/h4-7,12-14H,2-3,8-11H2,1H3. The molecule has 1 saturated heterocycles. The van der Waals surface area contributed by atoms with Gasteiger partial charge in [0.1, 0.15) is 5.76 Å². The first-order valence-electron chi connectivity index (χ1n) is 9.35. The highest BCUT2D eigenvalue weighted by molar-refractivity contribution is 6.35. The molecule has 1 aliphatic heterocycles. The summed E-state index contributed by atoms with van der Waals surface area (Å²) in [6.45, 7) is 4.63. The van der Waals surface area contributed by atoms with Crippen LogP contribution >= 0.6 is 11.6 Å². The number of benzene rings is 2. The summed E-state index contributed by atoms with van der Waals surface area (Å²) in [4.78, 5) is 14.4. The predicted octanol–water partition coefficient (Wildman–Crippen LogP) is 5.18. The molecular formula is C22H22ClNO3. The lowest BCUT2D eigenvalue weighted by Gasteiger charge is -2.26. The number of morpholine rings is 1. The molecule has 0 unspecified atom stereocenters. The first kappa shape index (κ1) is 18.1. The highest BCUT2D eigenvalue weighted by Crippen LogP contribution is 2.33. The average Bonchev–Trinajstić information content (AvgIpc) is 3.12. The third-order valence-electron chi connectivity index (χ3n) is 4.88. The number of fused-ring (bicyclic) bond motifs is 1. The minimum atomic E-state index is 0.0531. The number of carbonyl (C=O) groups is 1. The first-order valence-corrected chi connectivity index (χ1v) is 9.73. The summed E-state index contributed by atoms with van der Waals surface area (Å²) >= 11 is 6.44. The van der Waals surface area contributed by atoms with Crippen molar-refractivity contribution >= 4 is 28.5 Å². The van der Waals surface area contributed by atoms with Crippen LogP contribution in [0.2, 0.25) is 5.02 Å². The van der Waals surface area contributed by atoms with Gasteiger partial charge in [-0.3, -0.25) is 4.79 Å². The van der Waals surface area contributed by atoms with Gasteiger partial charge in [-0.1, -0.05) is 30.7 Å². The summed E-state index contributed by atoms with van der Waals surface area (Å²) in [5.74, 6) is 1.01. The number of nitrogens with zero attached hydrogens (tertiary/aromatic N) is 1. The van der Waals surface area contributed by atoms with E-state index in [-0.39, 0.29) is 5.91 Å². The molecule has 0 radical (unpaired) electrons. The van der Waals surface area contributed by atoms with Crippen LogP contribution in [0.15, 0.2) is 46.9 Å². The Hall–Kier alpha value is -2.30. The highest BCUT2D eigenvalue weighted by atomic mass is 35.5. The zero-order valence-corrected chi connectivity index (χ0v) is 16.1. The molecule has 3 aromatic rings. The van der Waals surface area contributed by atoms with Gasteiger partial charge in [0.2, 0.25) is 0 Å². The number of furan rings is 1. The van der Waals surface area contributed by atoms with Crippen molar-refractivity contribution in [1.82, 2.24) is 4.90 Å². The lowest BCUT2D eigenvalue weighted by Crippen LogP contribution is -2.40. The molecule has 4 rings (SSSR count). The molecule has 2 heterocycles. The molecule has 1 aromatic heterocycles. The van der Waals surface area contributed by atoms with Gasteiger partial charge in [0.25, 0.3) is 5.91 Å². The Labute approximate surface area is 163 Å². The van der Waals surface area contributed by atoms with Crippen LogP contribution in [0.5, 0.6) is 0 Å². The SMILES string of the molecule is CCCc1cc2cc(-c3ccc(C(=O)N4CCOCC4)cc3)cc(Cl)c2o1. The van der Waals surface area contributed by atoms with Gasteiger partial charge < -0.3 is 14.1 Å². The van der Waals surface area contributed by atoms with Crippen LogP contribution in [0.4, 0.5) is 0 Å². The molecule has 0 spiro atoms. The number of rotatable bonds is 4. The zero-order valence-electron chi connectivity index (χ0n) is 15.3. The molecule has 1 amide bonds. The highest BCUT2D eigenvalue weighted by Gasteiger charge is 2.18. The molecule has 1 aliphatic rings. The molecule has 1 fully saturated rings. The molecule has 0 atom stereocenters. The minimum Gasteiger partial charge on any atom is -0.460 e. The van der Waals surface area contributed by atoms with Gasteiger partial charge in [0, 0.05) is 30.5 Å². The maximum absolute atomic E-state index is 12.6. The van der Waals surface area contributed by atoms with Crippen molar-refractivity contribution in [2.75, 3.05) is 26.3 Å². The van der Waals surface area contributed by atoms with E-state index < -0.39 is 0 Å². The van der Waals surface area contributed by atoms with E-state index in [1.54, 1.807) is 0 Å². The van der Waals surface area contributed by atoms with Crippen LogP contribution in [0.3, 0.4) is 0 Å². The summed E-state index contributed by atoms with van der Waals surface area (Å²) in [6.07, 6.45) is 1.93. The van der Waals surface area contributed by atoms with Gasteiger partial charge >= 0.3 is 0 Å². The summed E-state index contributed by atoms with van der Waals surface area (Å²) in [7, 11) is 0. The summed E-state index contributed by atoms with van der Waals surface area (Å²) in [5, 5.41) is 1.62. The lowest BCUT2D eigenvalue weighted by molar-refractivity contribution is 0.0303. The summed E-state index contributed by atoms with van der Waals surface area (Å²) in [6, 6.07) is 13.8. The molecule has 0 N–H and O–H groups in total. The molecule has 0 saturated carbocycles. The van der Waals surface area contributed by atoms with Gasteiger partial charge in [0.05, 0.1) is 18.2 Å². The maximum Gasteiger partial charge on any atom is 0.254 e. The normalized spacial score (nSPS) is 14.7. The Balaban J connectivity index is 1.60. The monoisotopic (exact) mass is 383 g/mol. The molecule has 27 heavy (non-hydrogen) atoms. The van der Waals surface area contributed by atoms with Crippen LogP contribution in [0.1, 0.15) is 29.5 Å². The Morgan fingerprint density at radius 3 is 2.52 bits per heavy atom. The molecule has 140 valence electrons. The van der Waals surface area contributed by atoms with Crippen molar-refractivity contribution in [3.8, 4) is 11.1 Å². The topological polar surface area (TPSA) is 42.7 Å². The van der Waals surface area contributed by atoms with E-state index in [0.29, 0.717) is 36.9 Å². The van der Waals surface area contributed by atoms with Crippen molar-refractivity contribution < 1.29 is 13.9 Å². The van der Waals surface area contributed by atoms with E-state index in [0.717, 1.165) is 40.7 Å². The molecule has 2 aromatic carbocycles. The Kier molecular flexibility index (Phi) is 5.19. The second-order valence-electron chi connectivity index (χ2n) is 6.82. The van der Waals surface area contributed by atoms with Gasteiger partial charge in [-0.05, 0) is 47.9 Å². The first-order chi connectivity index (χ1) is 13.2. The number of carbonyl (C=O) groups excluding carboxylic acids is 1. The number of amides is 1. The average molecular weight is 384 g/mol. The van der Waals surface area contributed by atoms with Crippen LogP contribution in [0.25, 0.3) is 22.1 Å². The quantitative estimate of drug-likeness (QED) is 0.623. The molecule has 4 nitrogen and oxygen atoms in total. The third kappa shape index (κ3) is 3.73. The van der Waals surface area contributed by atoms with Crippen molar-refractivity contribution in [2.24, 2.45) is 0 Å². The Morgan fingerprint density at radius 1 is 1.07 bits per heavy atom. The zero-order chi connectivity index (χ0) is 18.8. The molecule has 0 aliphatic carbocycles. The van der Waals surface area contributed by atoms with Crippen LogP contribution < -0.4 is 0 Å². The molecule has 0 bridgehead atoms. The number of aryl methyl sites for hydroxylation is 1. The maximum atomic E-state index is 12.6. The Morgan fingerprint density at radius 2 is 1.81 bits per heavy atom. The van der Waals surface area contributed by atoms with Crippen LogP contribution in [0, 0.1) is 0 Å². The van der Waals surface area contributed by atoms with E-state index in [1.165, 1.54) is 0 Å². The Bertz CT molecular complexity index is 956. The fourth-order valence-electron chi connectivity index (χ4n) is 3.45. The summed E-state index contributed by atoms with van der Waals surface area (Å²) < 4.78 is 11.2. The van der Waals surface area contributed by atoms with Crippen molar-refractivity contribution in [2.45, 2.75) is 19.8 Å². The smallest absolute Gasteiger partial charge is 0.254 e. The number of ether oxygens (including phenoxy) is 1. The van der Waals surface area contributed by atoms with E-state index in [1.807, 2.05) is 35.2 Å². The van der Waals surface area contributed by atoms with Crippen molar-refractivity contribution in [3.05, 3.63) is 58.8 Å². The van der Waals surface area contributed by atoms with Gasteiger partial charge in [0.15, 0.2) is 5.58 Å². The second-order valence-corrected chi connectivity index (χ2v) is 7.23. The van der Waals surface area contributed by atoms with Crippen LogP contribution in [-0.4, -0.2) is 37.1 Å².